The van der Waals surface area contributed by atoms with E-state index in [1.807, 2.05) is 49.4 Å². The van der Waals surface area contributed by atoms with Crippen LogP contribution in [0.2, 0.25) is 0 Å². The summed E-state index contributed by atoms with van der Waals surface area (Å²) in [5, 5.41) is 11.7. The lowest BCUT2D eigenvalue weighted by Gasteiger charge is -2.17. The number of para-hydroxylation sites is 2. The Morgan fingerprint density at radius 3 is 2.29 bits per heavy atom. The van der Waals surface area contributed by atoms with Crippen LogP contribution in [0.3, 0.4) is 0 Å². The van der Waals surface area contributed by atoms with Crippen molar-refractivity contribution in [1.82, 2.24) is 0 Å². The maximum atomic E-state index is 12.5. The van der Waals surface area contributed by atoms with Crippen molar-refractivity contribution in [2.45, 2.75) is 20.0 Å². The molecule has 0 radical (unpaired) electrons. The molecule has 5 heteroatoms. The van der Waals surface area contributed by atoms with Gasteiger partial charge < -0.3 is 14.8 Å². The molecule has 0 spiro atoms. The third kappa shape index (κ3) is 4.89. The van der Waals surface area contributed by atoms with Crippen molar-refractivity contribution in [2.24, 2.45) is 0 Å². The van der Waals surface area contributed by atoms with Crippen LogP contribution in [0, 0.1) is 18.3 Å². The molecular formula is C23H20N2O3. The molecule has 5 nitrogen and oxygen atoms in total. The van der Waals surface area contributed by atoms with Gasteiger partial charge in [-0.25, -0.2) is 0 Å². The summed E-state index contributed by atoms with van der Waals surface area (Å²) >= 11 is 0. The number of hydrogen-bond donors (Lipinski definition) is 1. The molecule has 1 atom stereocenters. The summed E-state index contributed by atoms with van der Waals surface area (Å²) in [6.07, 6.45) is -0.722. The van der Waals surface area contributed by atoms with Gasteiger partial charge in [-0.1, -0.05) is 29.8 Å². The maximum absolute atomic E-state index is 12.5. The highest BCUT2D eigenvalue weighted by atomic mass is 16.5. The molecule has 28 heavy (non-hydrogen) atoms. The molecule has 3 rings (SSSR count). The van der Waals surface area contributed by atoms with Gasteiger partial charge in [-0.15, -0.1) is 0 Å². The van der Waals surface area contributed by atoms with Crippen molar-refractivity contribution in [3.63, 3.8) is 0 Å². The largest absolute Gasteiger partial charge is 0.481 e. The van der Waals surface area contributed by atoms with E-state index in [1.165, 1.54) is 0 Å². The summed E-state index contributed by atoms with van der Waals surface area (Å²) in [4.78, 5) is 12.5. The molecular weight excluding hydrogens is 352 g/mol. The smallest absolute Gasteiger partial charge is 0.265 e. The second-order valence-electron chi connectivity index (χ2n) is 6.30. The highest BCUT2D eigenvalue weighted by molar-refractivity contribution is 5.95. The number of carbonyl (C=O) groups excluding carboxylic acids is 1. The molecule has 0 saturated heterocycles. The van der Waals surface area contributed by atoms with Crippen molar-refractivity contribution < 1.29 is 14.3 Å². The molecule has 3 aromatic carbocycles. The second kappa shape index (κ2) is 8.74. The second-order valence-corrected chi connectivity index (χ2v) is 6.30. The van der Waals surface area contributed by atoms with E-state index >= 15 is 0 Å². The standard InChI is InChI=1S/C23H20N2O3/c1-16-7-11-20(12-8-16)28-22-6-4-3-5-21(22)25-23(26)17(2)27-19-13-9-18(15-24)10-14-19/h3-14,17H,1-2H3,(H,25,26). The lowest BCUT2D eigenvalue weighted by atomic mass is 10.2. The molecule has 1 N–H and O–H groups in total. The minimum absolute atomic E-state index is 0.302. The topological polar surface area (TPSA) is 71.3 Å². The predicted octanol–water partition coefficient (Wildman–Crippen LogP) is 5.07. The third-order valence-electron chi connectivity index (χ3n) is 4.06. The van der Waals surface area contributed by atoms with Gasteiger partial charge in [-0.2, -0.15) is 5.26 Å². The van der Waals surface area contributed by atoms with Crippen molar-refractivity contribution in [3.8, 4) is 23.3 Å². The Morgan fingerprint density at radius 1 is 0.964 bits per heavy atom. The van der Waals surface area contributed by atoms with Crippen LogP contribution >= 0.6 is 0 Å². The van der Waals surface area contributed by atoms with Crippen LogP contribution in [0.1, 0.15) is 18.1 Å². The predicted molar refractivity (Wildman–Crippen MR) is 108 cm³/mol. The highest BCUT2D eigenvalue weighted by Gasteiger charge is 2.17. The molecule has 0 aliphatic carbocycles. The number of ether oxygens (including phenoxy) is 2. The van der Waals surface area contributed by atoms with Gasteiger partial charge in [-0.05, 0) is 62.4 Å². The minimum atomic E-state index is -0.722. The molecule has 0 saturated carbocycles. The number of anilines is 1. The van der Waals surface area contributed by atoms with E-state index in [0.717, 1.165) is 5.56 Å². The van der Waals surface area contributed by atoms with E-state index in [9.17, 15) is 4.79 Å². The summed E-state index contributed by atoms with van der Waals surface area (Å²) in [5.41, 5.74) is 2.23. The van der Waals surface area contributed by atoms with Crippen LogP contribution in [0.15, 0.2) is 72.8 Å². The zero-order valence-electron chi connectivity index (χ0n) is 15.7. The molecule has 1 amide bonds. The number of carbonyl (C=O) groups is 1. The summed E-state index contributed by atoms with van der Waals surface area (Å²) in [5.74, 6) is 1.45. The molecule has 0 aliphatic rings. The van der Waals surface area contributed by atoms with E-state index in [0.29, 0.717) is 28.5 Å². The summed E-state index contributed by atoms with van der Waals surface area (Å²) < 4.78 is 11.6. The van der Waals surface area contributed by atoms with Gasteiger partial charge >= 0.3 is 0 Å². The van der Waals surface area contributed by atoms with Gasteiger partial charge in [0.25, 0.3) is 5.91 Å². The fraction of sp³-hybridized carbons (Fsp3) is 0.130. The number of nitriles is 1. The summed E-state index contributed by atoms with van der Waals surface area (Å²) in [6, 6.07) is 23.6. The lowest BCUT2D eigenvalue weighted by molar-refractivity contribution is -0.122. The monoisotopic (exact) mass is 372 g/mol. The van der Waals surface area contributed by atoms with Gasteiger partial charge in [0.1, 0.15) is 11.5 Å². The van der Waals surface area contributed by atoms with Crippen LogP contribution in [0.25, 0.3) is 0 Å². The molecule has 1 unspecified atom stereocenters. The van der Waals surface area contributed by atoms with Gasteiger partial charge in [-0.3, -0.25) is 4.79 Å². The SMILES string of the molecule is Cc1ccc(Oc2ccccc2NC(=O)C(C)Oc2ccc(C#N)cc2)cc1. The number of amides is 1. The Balaban J connectivity index is 1.67. The van der Waals surface area contributed by atoms with Gasteiger partial charge in [0.2, 0.25) is 0 Å². The fourth-order valence-electron chi connectivity index (χ4n) is 2.49. The van der Waals surface area contributed by atoms with E-state index in [2.05, 4.69) is 5.32 Å². The minimum Gasteiger partial charge on any atom is -0.481 e. The van der Waals surface area contributed by atoms with Crippen LogP contribution in [-0.4, -0.2) is 12.0 Å². The number of rotatable bonds is 6. The first-order valence-corrected chi connectivity index (χ1v) is 8.86. The van der Waals surface area contributed by atoms with E-state index in [1.54, 1.807) is 43.3 Å². The van der Waals surface area contributed by atoms with E-state index in [4.69, 9.17) is 14.7 Å². The first-order chi connectivity index (χ1) is 13.5. The average Bonchev–Trinajstić information content (AvgIpc) is 2.71. The Kier molecular flexibility index (Phi) is 5.93. The number of aryl methyl sites for hydroxylation is 1. The number of hydrogen-bond acceptors (Lipinski definition) is 4. The lowest BCUT2D eigenvalue weighted by Crippen LogP contribution is -2.30. The molecule has 0 fully saturated rings. The van der Waals surface area contributed by atoms with Gasteiger partial charge in [0.05, 0.1) is 17.3 Å². The zero-order valence-corrected chi connectivity index (χ0v) is 15.7. The normalized spacial score (nSPS) is 11.2. The zero-order chi connectivity index (χ0) is 19.9. The number of benzene rings is 3. The number of nitrogens with one attached hydrogen (secondary N) is 1. The van der Waals surface area contributed by atoms with Crippen molar-refractivity contribution >= 4 is 11.6 Å². The molecule has 140 valence electrons. The van der Waals surface area contributed by atoms with Crippen molar-refractivity contribution in [3.05, 3.63) is 83.9 Å². The van der Waals surface area contributed by atoms with Crippen LogP contribution in [-0.2, 0) is 4.79 Å². The third-order valence-corrected chi connectivity index (χ3v) is 4.06. The molecule has 3 aromatic rings. The maximum Gasteiger partial charge on any atom is 0.265 e. The van der Waals surface area contributed by atoms with Crippen LogP contribution in [0.4, 0.5) is 5.69 Å². The summed E-state index contributed by atoms with van der Waals surface area (Å²) in [6.45, 7) is 3.67. The van der Waals surface area contributed by atoms with Crippen molar-refractivity contribution in [2.75, 3.05) is 5.32 Å². The first-order valence-electron chi connectivity index (χ1n) is 8.86. The average molecular weight is 372 g/mol. The van der Waals surface area contributed by atoms with Crippen molar-refractivity contribution in [1.29, 1.82) is 5.26 Å². The van der Waals surface area contributed by atoms with Gasteiger partial charge in [0, 0.05) is 0 Å². The fourth-order valence-corrected chi connectivity index (χ4v) is 2.49. The Bertz CT molecular complexity index is 990. The van der Waals surface area contributed by atoms with Crippen LogP contribution < -0.4 is 14.8 Å². The first kappa shape index (κ1) is 19.0. The Labute approximate surface area is 164 Å². The molecule has 0 aromatic heterocycles. The highest BCUT2D eigenvalue weighted by Crippen LogP contribution is 2.29. The molecule has 0 heterocycles. The van der Waals surface area contributed by atoms with E-state index < -0.39 is 6.10 Å². The van der Waals surface area contributed by atoms with E-state index in [-0.39, 0.29) is 5.91 Å². The Morgan fingerprint density at radius 2 is 1.61 bits per heavy atom. The molecule has 0 bridgehead atoms. The van der Waals surface area contributed by atoms with Crippen LogP contribution in [0.5, 0.6) is 17.2 Å². The number of nitrogens with zero attached hydrogens (tertiary/aromatic N) is 1. The Hall–Kier alpha value is -3.78. The molecule has 0 aliphatic heterocycles. The summed E-state index contributed by atoms with van der Waals surface area (Å²) in [7, 11) is 0. The van der Waals surface area contributed by atoms with Gasteiger partial charge in [0.15, 0.2) is 11.9 Å². The quantitative estimate of drug-likeness (QED) is 0.656.